The molecule has 2 saturated heterocycles. The number of amides is 1. The summed E-state index contributed by atoms with van der Waals surface area (Å²) in [5.41, 5.74) is 1.02. The normalized spacial score (nSPS) is 26.6. The molecule has 3 heterocycles. The number of likely N-dealkylation sites (tertiary alicyclic amines) is 1. The van der Waals surface area contributed by atoms with E-state index in [0.29, 0.717) is 6.42 Å². The zero-order valence-electron chi connectivity index (χ0n) is 10.3. The third kappa shape index (κ3) is 2.37. The summed E-state index contributed by atoms with van der Waals surface area (Å²) < 4.78 is 6.49. The number of aromatic amines is 1. The van der Waals surface area contributed by atoms with Gasteiger partial charge in [-0.15, -0.1) is 11.3 Å². The van der Waals surface area contributed by atoms with Gasteiger partial charge >= 0.3 is 0 Å². The van der Waals surface area contributed by atoms with E-state index in [1.807, 2.05) is 11.8 Å². The molecule has 0 saturated carbocycles. The average Bonchev–Trinajstić information content (AvgIpc) is 2.82. The number of carbonyl (C=O) groups is 1. The van der Waals surface area contributed by atoms with E-state index in [4.69, 9.17) is 17.0 Å². The fourth-order valence-electron chi connectivity index (χ4n) is 2.67. The Kier molecular flexibility index (Phi) is 3.25. The molecule has 18 heavy (non-hydrogen) atoms. The fourth-order valence-corrected chi connectivity index (χ4v) is 3.96. The molecule has 2 unspecified atom stereocenters. The third-order valence-corrected chi connectivity index (χ3v) is 4.97. The molecule has 0 aliphatic carbocycles. The minimum Gasteiger partial charge on any atom is -0.371 e. The standard InChI is InChI=1S/C12H16N2O2S2/c1-7-10(18-12(17)13-7)4-11(15)14-5-8-2-3-9(6-14)16-8/h8-9H,2-6H2,1H3,(H,13,17). The van der Waals surface area contributed by atoms with Gasteiger partial charge in [-0.1, -0.05) is 0 Å². The monoisotopic (exact) mass is 284 g/mol. The van der Waals surface area contributed by atoms with E-state index in [1.165, 1.54) is 11.3 Å². The van der Waals surface area contributed by atoms with Crippen molar-refractivity contribution in [3.8, 4) is 0 Å². The lowest BCUT2D eigenvalue weighted by molar-refractivity contribution is -0.139. The van der Waals surface area contributed by atoms with Crippen molar-refractivity contribution in [3.05, 3.63) is 14.5 Å². The van der Waals surface area contributed by atoms with Crippen LogP contribution in [-0.2, 0) is 16.0 Å². The molecule has 4 nitrogen and oxygen atoms in total. The first-order chi connectivity index (χ1) is 8.61. The molecule has 0 radical (unpaired) electrons. The third-order valence-electron chi connectivity index (χ3n) is 3.63. The van der Waals surface area contributed by atoms with Gasteiger partial charge in [0.1, 0.15) is 0 Å². The predicted molar refractivity (Wildman–Crippen MR) is 72.4 cm³/mol. The van der Waals surface area contributed by atoms with Crippen molar-refractivity contribution in [2.45, 2.75) is 38.4 Å². The Hall–Kier alpha value is -0.720. The molecule has 0 aromatic carbocycles. The predicted octanol–water partition coefficient (Wildman–Crippen LogP) is 2.05. The largest absolute Gasteiger partial charge is 0.371 e. The topological polar surface area (TPSA) is 45.3 Å². The number of thiazole rings is 1. The van der Waals surface area contributed by atoms with Gasteiger partial charge < -0.3 is 14.6 Å². The van der Waals surface area contributed by atoms with Crippen LogP contribution in [0.1, 0.15) is 23.4 Å². The molecule has 1 N–H and O–H groups in total. The van der Waals surface area contributed by atoms with Gasteiger partial charge in [0, 0.05) is 23.7 Å². The fraction of sp³-hybridized carbons (Fsp3) is 0.667. The van der Waals surface area contributed by atoms with E-state index in [1.54, 1.807) is 0 Å². The minimum atomic E-state index is 0.198. The summed E-state index contributed by atoms with van der Waals surface area (Å²) >= 11 is 6.60. The van der Waals surface area contributed by atoms with E-state index in [-0.39, 0.29) is 18.1 Å². The average molecular weight is 284 g/mol. The lowest BCUT2D eigenvalue weighted by atomic mass is 10.2. The Bertz CT molecular complexity index is 510. The highest BCUT2D eigenvalue weighted by Crippen LogP contribution is 2.27. The lowest BCUT2D eigenvalue weighted by Gasteiger charge is -2.32. The summed E-state index contributed by atoms with van der Waals surface area (Å²) in [6, 6.07) is 0. The molecule has 1 aromatic rings. The van der Waals surface area contributed by atoms with Crippen LogP contribution < -0.4 is 0 Å². The van der Waals surface area contributed by atoms with Crippen molar-refractivity contribution in [2.24, 2.45) is 0 Å². The number of hydrogen-bond acceptors (Lipinski definition) is 4. The van der Waals surface area contributed by atoms with Crippen LogP contribution in [0.15, 0.2) is 0 Å². The highest BCUT2D eigenvalue weighted by molar-refractivity contribution is 7.73. The van der Waals surface area contributed by atoms with E-state index < -0.39 is 0 Å². The van der Waals surface area contributed by atoms with Gasteiger partial charge in [0.25, 0.3) is 0 Å². The highest BCUT2D eigenvalue weighted by atomic mass is 32.1. The second-order valence-corrected chi connectivity index (χ2v) is 6.77. The van der Waals surface area contributed by atoms with Crippen LogP contribution in [0, 0.1) is 10.9 Å². The minimum absolute atomic E-state index is 0.198. The van der Waals surface area contributed by atoms with E-state index in [9.17, 15) is 4.79 Å². The Labute approximate surface area is 115 Å². The number of fused-ring (bicyclic) bond motifs is 2. The number of aryl methyl sites for hydroxylation is 1. The van der Waals surface area contributed by atoms with Crippen LogP contribution in [0.5, 0.6) is 0 Å². The van der Waals surface area contributed by atoms with Crippen LogP contribution in [-0.4, -0.2) is 41.1 Å². The summed E-state index contributed by atoms with van der Waals surface area (Å²) in [5.74, 6) is 0.198. The molecule has 2 atom stereocenters. The van der Waals surface area contributed by atoms with Gasteiger partial charge in [-0.2, -0.15) is 0 Å². The second kappa shape index (κ2) is 4.75. The number of ether oxygens (including phenoxy) is 1. The van der Waals surface area contributed by atoms with Gasteiger partial charge in [0.05, 0.1) is 18.6 Å². The van der Waals surface area contributed by atoms with Gasteiger partial charge in [-0.25, -0.2) is 0 Å². The molecule has 3 rings (SSSR count). The summed E-state index contributed by atoms with van der Waals surface area (Å²) in [4.78, 5) is 18.4. The summed E-state index contributed by atoms with van der Waals surface area (Å²) in [6.07, 6.45) is 3.17. The first-order valence-electron chi connectivity index (χ1n) is 6.23. The van der Waals surface area contributed by atoms with Gasteiger partial charge in [0.15, 0.2) is 3.95 Å². The van der Waals surface area contributed by atoms with E-state index in [0.717, 1.165) is 40.5 Å². The van der Waals surface area contributed by atoms with Crippen LogP contribution in [0.3, 0.4) is 0 Å². The van der Waals surface area contributed by atoms with Crippen LogP contribution in [0.25, 0.3) is 0 Å². The molecule has 2 aliphatic rings. The van der Waals surface area contributed by atoms with Crippen molar-refractivity contribution < 1.29 is 9.53 Å². The van der Waals surface area contributed by atoms with Gasteiger partial charge in [-0.05, 0) is 32.0 Å². The van der Waals surface area contributed by atoms with Gasteiger partial charge in [-0.3, -0.25) is 4.79 Å². The SMILES string of the molecule is Cc1[nH]c(=S)sc1CC(=O)N1CC2CCC(C1)O2. The Morgan fingerprint density at radius 2 is 2.17 bits per heavy atom. The van der Waals surface area contributed by atoms with Crippen molar-refractivity contribution in [1.29, 1.82) is 0 Å². The molecule has 6 heteroatoms. The van der Waals surface area contributed by atoms with Crippen LogP contribution in [0.4, 0.5) is 0 Å². The number of nitrogens with zero attached hydrogens (tertiary/aromatic N) is 1. The summed E-state index contributed by atoms with van der Waals surface area (Å²) in [7, 11) is 0. The zero-order valence-corrected chi connectivity index (χ0v) is 11.9. The number of H-pyrrole nitrogens is 1. The number of hydrogen-bond donors (Lipinski definition) is 1. The summed E-state index contributed by atoms with van der Waals surface area (Å²) in [6.45, 7) is 3.48. The zero-order chi connectivity index (χ0) is 12.7. The maximum absolute atomic E-state index is 12.3. The Morgan fingerprint density at radius 1 is 1.50 bits per heavy atom. The Balaban J connectivity index is 1.68. The highest BCUT2D eigenvalue weighted by Gasteiger charge is 2.35. The molecule has 1 amide bonds. The maximum atomic E-state index is 12.3. The molecular weight excluding hydrogens is 268 g/mol. The lowest BCUT2D eigenvalue weighted by Crippen LogP contribution is -2.46. The van der Waals surface area contributed by atoms with Crippen molar-refractivity contribution in [3.63, 3.8) is 0 Å². The summed E-state index contributed by atoms with van der Waals surface area (Å²) in [5, 5.41) is 0. The molecule has 2 aliphatic heterocycles. The number of rotatable bonds is 2. The van der Waals surface area contributed by atoms with Gasteiger partial charge in [0.2, 0.25) is 5.91 Å². The quantitative estimate of drug-likeness (QED) is 0.845. The van der Waals surface area contributed by atoms with E-state index >= 15 is 0 Å². The maximum Gasteiger partial charge on any atom is 0.228 e. The first kappa shape index (κ1) is 12.3. The number of nitrogens with one attached hydrogen (secondary N) is 1. The molecule has 98 valence electrons. The van der Waals surface area contributed by atoms with Crippen LogP contribution >= 0.6 is 23.6 Å². The first-order valence-corrected chi connectivity index (χ1v) is 7.46. The molecule has 2 fully saturated rings. The molecule has 0 spiro atoms. The number of morpholine rings is 1. The Morgan fingerprint density at radius 3 is 2.72 bits per heavy atom. The molecule has 2 bridgehead atoms. The second-order valence-electron chi connectivity index (χ2n) is 5.00. The van der Waals surface area contributed by atoms with Crippen molar-refractivity contribution in [1.82, 2.24) is 9.88 Å². The van der Waals surface area contributed by atoms with Crippen LogP contribution in [0.2, 0.25) is 0 Å². The van der Waals surface area contributed by atoms with Crippen molar-refractivity contribution in [2.75, 3.05) is 13.1 Å². The molecule has 1 aromatic heterocycles. The van der Waals surface area contributed by atoms with E-state index in [2.05, 4.69) is 4.98 Å². The number of carbonyl (C=O) groups excluding carboxylic acids is 1. The van der Waals surface area contributed by atoms with Crippen molar-refractivity contribution >= 4 is 29.5 Å². The molecular formula is C12H16N2O2S2. The smallest absolute Gasteiger partial charge is 0.228 e. The number of aromatic nitrogens is 1.